The van der Waals surface area contributed by atoms with E-state index in [0.717, 1.165) is 5.56 Å². The van der Waals surface area contributed by atoms with Gasteiger partial charge in [0.05, 0.1) is 18.4 Å². The van der Waals surface area contributed by atoms with Gasteiger partial charge in [0, 0.05) is 16.7 Å². The molecule has 1 aliphatic heterocycles. The van der Waals surface area contributed by atoms with E-state index in [9.17, 15) is 13.2 Å². The fourth-order valence-electron chi connectivity index (χ4n) is 3.30. The summed E-state index contributed by atoms with van der Waals surface area (Å²) in [6, 6.07) is 14.1. The van der Waals surface area contributed by atoms with E-state index in [0.29, 0.717) is 23.6 Å². The molecule has 1 heterocycles. The van der Waals surface area contributed by atoms with Crippen molar-refractivity contribution in [2.75, 3.05) is 17.3 Å². The van der Waals surface area contributed by atoms with Crippen LogP contribution in [0.4, 0.5) is 5.69 Å². The lowest BCUT2D eigenvalue weighted by atomic mass is 9.86. The normalized spacial score (nSPS) is 17.9. The molecule has 0 bridgehead atoms. The van der Waals surface area contributed by atoms with Crippen molar-refractivity contribution in [1.82, 2.24) is 0 Å². The van der Waals surface area contributed by atoms with Gasteiger partial charge in [-0.05, 0) is 60.4 Å². The Morgan fingerprint density at radius 1 is 1.07 bits per heavy atom. The summed E-state index contributed by atoms with van der Waals surface area (Å²) in [6.07, 6.45) is 1.58. The van der Waals surface area contributed by atoms with Crippen LogP contribution in [0.3, 0.4) is 0 Å². The van der Waals surface area contributed by atoms with Crippen LogP contribution in [0.15, 0.2) is 60.0 Å². The number of anilines is 1. The molecule has 6 heteroatoms. The summed E-state index contributed by atoms with van der Waals surface area (Å²) in [6.45, 7) is 8.80. The van der Waals surface area contributed by atoms with E-state index in [1.54, 1.807) is 47.4 Å². The van der Waals surface area contributed by atoms with Crippen molar-refractivity contribution in [2.24, 2.45) is 0 Å². The van der Waals surface area contributed by atoms with E-state index in [4.69, 9.17) is 4.74 Å². The Morgan fingerprint density at radius 2 is 1.69 bits per heavy atom. The van der Waals surface area contributed by atoms with Crippen molar-refractivity contribution in [1.29, 1.82) is 0 Å². The molecule has 2 aromatic carbocycles. The Labute approximate surface area is 172 Å². The van der Waals surface area contributed by atoms with Crippen molar-refractivity contribution >= 4 is 21.4 Å². The minimum atomic E-state index is -3.31. The standard InChI is InChI=1S/C23H27NO4S/c1-5-28-21-12-10-19(11-13-21)24(20-14-15-29(26,27)16-20)22(25)17-6-8-18(9-7-17)23(2,3)4/h6-15,20H,5,16H2,1-4H3. The van der Waals surface area contributed by atoms with Crippen LogP contribution in [-0.4, -0.2) is 32.7 Å². The topological polar surface area (TPSA) is 63.7 Å². The summed E-state index contributed by atoms with van der Waals surface area (Å²) in [7, 11) is -3.31. The fourth-order valence-corrected chi connectivity index (χ4v) is 4.57. The van der Waals surface area contributed by atoms with Crippen molar-refractivity contribution in [3.8, 4) is 5.75 Å². The third-order valence-corrected chi connectivity index (χ3v) is 6.26. The Kier molecular flexibility index (Phi) is 5.85. The summed E-state index contributed by atoms with van der Waals surface area (Å²) in [5, 5.41) is 1.19. The van der Waals surface area contributed by atoms with Crippen LogP contribution in [0.5, 0.6) is 5.75 Å². The second-order valence-corrected chi connectivity index (χ2v) is 10.1. The number of carbonyl (C=O) groups is 1. The van der Waals surface area contributed by atoms with Gasteiger partial charge in [-0.3, -0.25) is 4.79 Å². The van der Waals surface area contributed by atoms with Gasteiger partial charge in [-0.25, -0.2) is 8.42 Å². The Morgan fingerprint density at radius 3 is 2.17 bits per heavy atom. The number of carbonyl (C=O) groups excluding carboxylic acids is 1. The largest absolute Gasteiger partial charge is 0.494 e. The maximum absolute atomic E-state index is 13.4. The molecule has 29 heavy (non-hydrogen) atoms. The van der Waals surface area contributed by atoms with E-state index >= 15 is 0 Å². The number of hydrogen-bond acceptors (Lipinski definition) is 4. The highest BCUT2D eigenvalue weighted by atomic mass is 32.2. The summed E-state index contributed by atoms with van der Waals surface area (Å²) >= 11 is 0. The smallest absolute Gasteiger partial charge is 0.258 e. The highest BCUT2D eigenvalue weighted by Crippen LogP contribution is 2.28. The number of amides is 1. The molecule has 1 amide bonds. The van der Waals surface area contributed by atoms with E-state index in [2.05, 4.69) is 20.8 Å². The van der Waals surface area contributed by atoms with Crippen LogP contribution in [0, 0.1) is 0 Å². The minimum absolute atomic E-state index is 0.0152. The molecular weight excluding hydrogens is 386 g/mol. The Hall–Kier alpha value is -2.60. The lowest BCUT2D eigenvalue weighted by Crippen LogP contribution is -2.41. The highest BCUT2D eigenvalue weighted by molar-refractivity contribution is 7.94. The van der Waals surface area contributed by atoms with Gasteiger partial charge >= 0.3 is 0 Å². The second-order valence-electron chi connectivity index (χ2n) is 8.15. The maximum atomic E-state index is 13.4. The third kappa shape index (κ3) is 4.88. The van der Waals surface area contributed by atoms with Gasteiger partial charge in [-0.2, -0.15) is 0 Å². The summed E-state index contributed by atoms with van der Waals surface area (Å²) in [5.74, 6) is 0.348. The lowest BCUT2D eigenvalue weighted by molar-refractivity contribution is 0.0983. The zero-order chi connectivity index (χ0) is 21.2. The monoisotopic (exact) mass is 413 g/mol. The van der Waals surface area contributed by atoms with Crippen molar-refractivity contribution < 1.29 is 17.9 Å². The summed E-state index contributed by atoms with van der Waals surface area (Å²) in [5.41, 5.74) is 2.26. The number of sulfone groups is 1. The fraction of sp³-hybridized carbons (Fsp3) is 0.348. The SMILES string of the molecule is CCOc1ccc(N(C(=O)c2ccc(C(C)(C)C)cc2)C2C=CS(=O)(=O)C2)cc1. The van der Waals surface area contributed by atoms with Gasteiger partial charge < -0.3 is 9.64 Å². The van der Waals surface area contributed by atoms with E-state index in [-0.39, 0.29) is 17.1 Å². The number of benzene rings is 2. The summed E-state index contributed by atoms with van der Waals surface area (Å²) < 4.78 is 29.4. The van der Waals surface area contributed by atoms with Crippen molar-refractivity contribution in [3.05, 3.63) is 71.1 Å². The molecule has 0 radical (unpaired) electrons. The molecule has 5 nitrogen and oxygen atoms in total. The maximum Gasteiger partial charge on any atom is 0.258 e. The van der Waals surface area contributed by atoms with Crippen LogP contribution in [0.2, 0.25) is 0 Å². The molecule has 0 spiro atoms. The zero-order valence-corrected chi connectivity index (χ0v) is 18.1. The first kappa shape index (κ1) is 21.1. The Bertz CT molecular complexity index is 1000. The molecular formula is C23H27NO4S. The molecule has 0 saturated carbocycles. The average Bonchev–Trinajstić information content (AvgIpc) is 3.02. The molecule has 1 atom stereocenters. The van der Waals surface area contributed by atoms with Gasteiger partial charge in [0.15, 0.2) is 9.84 Å². The van der Waals surface area contributed by atoms with E-state index in [1.807, 2.05) is 19.1 Å². The molecule has 1 aliphatic rings. The first-order valence-electron chi connectivity index (χ1n) is 9.68. The van der Waals surface area contributed by atoms with E-state index < -0.39 is 15.9 Å². The molecule has 1 unspecified atom stereocenters. The van der Waals surface area contributed by atoms with Gasteiger partial charge in [0.1, 0.15) is 5.75 Å². The predicted octanol–water partition coefficient (Wildman–Crippen LogP) is 4.34. The number of ether oxygens (including phenoxy) is 1. The number of nitrogens with zero attached hydrogens (tertiary/aromatic N) is 1. The molecule has 0 saturated heterocycles. The molecule has 0 aromatic heterocycles. The minimum Gasteiger partial charge on any atom is -0.494 e. The first-order chi connectivity index (χ1) is 13.6. The van der Waals surface area contributed by atoms with Gasteiger partial charge in [-0.1, -0.05) is 32.9 Å². The molecule has 3 rings (SSSR count). The van der Waals surface area contributed by atoms with Crippen molar-refractivity contribution in [3.63, 3.8) is 0 Å². The van der Waals surface area contributed by atoms with Gasteiger partial charge in [-0.15, -0.1) is 0 Å². The van der Waals surface area contributed by atoms with Crippen LogP contribution in [0.1, 0.15) is 43.6 Å². The third-order valence-electron chi connectivity index (χ3n) is 4.89. The van der Waals surface area contributed by atoms with Crippen molar-refractivity contribution in [2.45, 2.75) is 39.2 Å². The second kappa shape index (κ2) is 8.03. The zero-order valence-electron chi connectivity index (χ0n) is 17.3. The van der Waals surface area contributed by atoms with Crippen LogP contribution < -0.4 is 9.64 Å². The van der Waals surface area contributed by atoms with Crippen LogP contribution in [0.25, 0.3) is 0 Å². The van der Waals surface area contributed by atoms with E-state index in [1.165, 1.54) is 5.41 Å². The molecule has 0 aliphatic carbocycles. The first-order valence-corrected chi connectivity index (χ1v) is 11.4. The molecule has 2 aromatic rings. The summed E-state index contributed by atoms with van der Waals surface area (Å²) in [4.78, 5) is 14.9. The molecule has 154 valence electrons. The quantitative estimate of drug-likeness (QED) is 0.731. The van der Waals surface area contributed by atoms with Gasteiger partial charge in [0.2, 0.25) is 0 Å². The Balaban J connectivity index is 1.96. The highest BCUT2D eigenvalue weighted by Gasteiger charge is 2.32. The van der Waals surface area contributed by atoms with Crippen LogP contribution in [-0.2, 0) is 15.3 Å². The molecule has 0 fully saturated rings. The lowest BCUT2D eigenvalue weighted by Gasteiger charge is -2.28. The predicted molar refractivity (Wildman–Crippen MR) is 116 cm³/mol. The molecule has 0 N–H and O–H groups in total. The number of hydrogen-bond donors (Lipinski definition) is 0. The number of rotatable bonds is 5. The van der Waals surface area contributed by atoms with Gasteiger partial charge in [0.25, 0.3) is 5.91 Å². The van der Waals surface area contributed by atoms with Crippen LogP contribution >= 0.6 is 0 Å². The average molecular weight is 414 g/mol.